The van der Waals surface area contributed by atoms with Crippen LogP contribution in [0.15, 0.2) is 48.7 Å². The first-order valence-electron chi connectivity index (χ1n) is 10.1. The lowest BCUT2D eigenvalue weighted by atomic mass is 10.1. The molecule has 1 atom stereocenters. The molecule has 160 valence electrons. The van der Waals surface area contributed by atoms with Crippen LogP contribution in [-0.2, 0) is 17.8 Å². The van der Waals surface area contributed by atoms with E-state index in [0.29, 0.717) is 5.69 Å². The highest BCUT2D eigenvalue weighted by molar-refractivity contribution is 6.43. The third-order valence-corrected chi connectivity index (χ3v) is 6.09. The Morgan fingerprint density at radius 2 is 1.94 bits per heavy atom. The molecule has 2 N–H and O–H groups in total. The highest BCUT2D eigenvalue weighted by Gasteiger charge is 2.20. The number of hydrogen-bond acceptors (Lipinski definition) is 3. The van der Waals surface area contributed by atoms with E-state index in [4.69, 9.17) is 28.2 Å². The average molecular weight is 457 g/mol. The van der Waals surface area contributed by atoms with Gasteiger partial charge in [0.2, 0.25) is 5.91 Å². The van der Waals surface area contributed by atoms with Crippen LogP contribution in [0.2, 0.25) is 10.0 Å². The predicted molar refractivity (Wildman–Crippen MR) is 123 cm³/mol. The molecule has 1 aromatic heterocycles. The van der Waals surface area contributed by atoms with Crippen LogP contribution >= 0.6 is 23.2 Å². The van der Waals surface area contributed by atoms with E-state index in [2.05, 4.69) is 21.4 Å². The Morgan fingerprint density at radius 1 is 1.13 bits per heavy atom. The van der Waals surface area contributed by atoms with Gasteiger partial charge in [0.05, 0.1) is 21.3 Å². The maximum Gasteiger partial charge on any atom is 0.253 e. The summed E-state index contributed by atoms with van der Waals surface area (Å²) in [7, 11) is 0. The lowest BCUT2D eigenvalue weighted by molar-refractivity contribution is -0.117. The van der Waals surface area contributed by atoms with Crippen molar-refractivity contribution in [1.82, 2.24) is 14.9 Å². The molecule has 0 saturated heterocycles. The van der Waals surface area contributed by atoms with Gasteiger partial charge in [-0.3, -0.25) is 9.59 Å². The quantitative estimate of drug-likeness (QED) is 0.569. The molecule has 2 heterocycles. The van der Waals surface area contributed by atoms with Crippen LogP contribution in [0.5, 0.6) is 0 Å². The second-order valence-corrected chi connectivity index (χ2v) is 8.34. The zero-order valence-corrected chi connectivity index (χ0v) is 18.5. The highest BCUT2D eigenvalue weighted by Crippen LogP contribution is 2.26. The number of nitrogens with one attached hydrogen (secondary N) is 2. The molecule has 3 aromatic rings. The molecule has 0 aliphatic carbocycles. The summed E-state index contributed by atoms with van der Waals surface area (Å²) >= 11 is 12.1. The average Bonchev–Trinajstić information content (AvgIpc) is 3.20. The van der Waals surface area contributed by atoms with E-state index in [0.717, 1.165) is 36.5 Å². The minimum absolute atomic E-state index is 0.157. The van der Waals surface area contributed by atoms with Crippen LogP contribution in [0.3, 0.4) is 0 Å². The van der Waals surface area contributed by atoms with Crippen molar-refractivity contribution in [2.45, 2.75) is 38.8 Å². The van der Waals surface area contributed by atoms with Crippen molar-refractivity contribution in [2.75, 3.05) is 5.32 Å². The molecule has 0 radical (unpaired) electrons. The fraction of sp³-hybridized carbons (Fsp3) is 0.261. The number of amides is 2. The largest absolute Gasteiger partial charge is 0.340 e. The first kappa shape index (κ1) is 21.4. The van der Waals surface area contributed by atoms with Gasteiger partial charge in [-0.1, -0.05) is 41.4 Å². The maximum absolute atomic E-state index is 12.6. The van der Waals surface area contributed by atoms with E-state index in [9.17, 15) is 9.59 Å². The highest BCUT2D eigenvalue weighted by atomic mass is 35.5. The van der Waals surface area contributed by atoms with Gasteiger partial charge in [0.15, 0.2) is 0 Å². The molecule has 4 rings (SSSR count). The van der Waals surface area contributed by atoms with Gasteiger partial charge >= 0.3 is 0 Å². The lowest BCUT2D eigenvalue weighted by Crippen LogP contribution is -2.41. The van der Waals surface area contributed by atoms with Crippen LogP contribution in [0.1, 0.15) is 35.9 Å². The molecule has 6 nitrogen and oxygen atoms in total. The van der Waals surface area contributed by atoms with Crippen LogP contribution in [0, 0.1) is 0 Å². The summed E-state index contributed by atoms with van der Waals surface area (Å²) in [5, 5.41) is 5.94. The van der Waals surface area contributed by atoms with Gasteiger partial charge in [-0.25, -0.2) is 4.98 Å². The zero-order chi connectivity index (χ0) is 22.0. The number of carbonyl (C=O) groups excluding carboxylic acids is 2. The Morgan fingerprint density at radius 3 is 2.74 bits per heavy atom. The first-order valence-corrected chi connectivity index (χ1v) is 10.9. The summed E-state index contributed by atoms with van der Waals surface area (Å²) in [5.41, 5.74) is 2.68. The summed E-state index contributed by atoms with van der Waals surface area (Å²) in [4.78, 5) is 29.8. The summed E-state index contributed by atoms with van der Waals surface area (Å²) in [6.45, 7) is 2.60. The van der Waals surface area contributed by atoms with E-state index in [1.807, 2.05) is 18.2 Å². The van der Waals surface area contributed by atoms with Crippen LogP contribution < -0.4 is 10.6 Å². The monoisotopic (exact) mass is 456 g/mol. The number of nitrogens with zero attached hydrogens (tertiary/aromatic N) is 2. The van der Waals surface area contributed by atoms with Crippen molar-refractivity contribution in [3.8, 4) is 11.3 Å². The molecular weight excluding hydrogens is 435 g/mol. The minimum Gasteiger partial charge on any atom is -0.340 e. The van der Waals surface area contributed by atoms with E-state index in [1.165, 1.54) is 6.42 Å². The van der Waals surface area contributed by atoms with E-state index in [1.54, 1.807) is 31.2 Å². The lowest BCUT2D eigenvalue weighted by Gasteiger charge is -2.15. The number of rotatable bonds is 5. The summed E-state index contributed by atoms with van der Waals surface area (Å²) in [6.07, 6.45) is 5.39. The molecule has 0 saturated carbocycles. The fourth-order valence-corrected chi connectivity index (χ4v) is 3.96. The van der Waals surface area contributed by atoms with Crippen LogP contribution in [0.4, 0.5) is 5.69 Å². The SMILES string of the molecule is CC(NC(=O)c1cccc(Cl)c1Cl)C(=O)Nc1cccc(-c2cn3c(n2)CCCC3)c1. The molecule has 0 spiro atoms. The molecule has 31 heavy (non-hydrogen) atoms. The number of aromatic nitrogens is 2. The Balaban J connectivity index is 1.43. The van der Waals surface area contributed by atoms with Gasteiger partial charge < -0.3 is 15.2 Å². The topological polar surface area (TPSA) is 76.0 Å². The molecule has 2 amide bonds. The number of hydrogen-bond donors (Lipinski definition) is 2. The van der Waals surface area contributed by atoms with E-state index >= 15 is 0 Å². The van der Waals surface area contributed by atoms with Gasteiger partial charge in [-0.15, -0.1) is 0 Å². The standard InChI is InChI=1S/C23H22Cl2N4O2/c1-14(26-23(31)17-8-5-9-18(24)21(17)25)22(30)27-16-7-4-6-15(12-16)19-13-29-11-3-2-10-20(29)28-19/h4-9,12-14H,2-3,10-11H2,1H3,(H,26,31)(H,27,30). The van der Waals surface area contributed by atoms with E-state index in [-0.39, 0.29) is 21.5 Å². The summed E-state index contributed by atoms with van der Waals surface area (Å²) in [6, 6.07) is 11.5. The smallest absolute Gasteiger partial charge is 0.253 e. The molecular formula is C23H22Cl2N4O2. The molecule has 1 unspecified atom stereocenters. The van der Waals surface area contributed by atoms with Crippen molar-refractivity contribution in [1.29, 1.82) is 0 Å². The van der Waals surface area contributed by atoms with Gasteiger partial charge in [0.25, 0.3) is 5.91 Å². The van der Waals surface area contributed by atoms with Crippen molar-refractivity contribution in [3.05, 3.63) is 70.1 Å². The molecule has 8 heteroatoms. The minimum atomic E-state index is -0.772. The molecule has 2 aromatic carbocycles. The normalized spacial score (nSPS) is 13.9. The molecule has 1 aliphatic rings. The molecule has 0 bridgehead atoms. The van der Waals surface area contributed by atoms with Crippen LogP contribution in [0.25, 0.3) is 11.3 Å². The van der Waals surface area contributed by atoms with Crippen molar-refractivity contribution >= 4 is 40.7 Å². The number of fused-ring (bicyclic) bond motifs is 1. The second kappa shape index (κ2) is 9.12. The zero-order valence-electron chi connectivity index (χ0n) is 17.0. The van der Waals surface area contributed by atoms with Gasteiger partial charge in [0.1, 0.15) is 11.9 Å². The second-order valence-electron chi connectivity index (χ2n) is 7.56. The van der Waals surface area contributed by atoms with Crippen molar-refractivity contribution < 1.29 is 9.59 Å². The van der Waals surface area contributed by atoms with Crippen molar-refractivity contribution in [2.24, 2.45) is 0 Å². The number of carbonyl (C=O) groups is 2. The fourth-order valence-electron chi connectivity index (χ4n) is 3.58. The Bertz CT molecular complexity index is 1120. The number of aryl methyl sites for hydroxylation is 2. The number of benzene rings is 2. The van der Waals surface area contributed by atoms with Crippen LogP contribution in [-0.4, -0.2) is 27.4 Å². The molecule has 1 aliphatic heterocycles. The Kier molecular flexibility index (Phi) is 6.30. The van der Waals surface area contributed by atoms with Gasteiger partial charge in [-0.2, -0.15) is 0 Å². The Labute approximate surface area is 190 Å². The van der Waals surface area contributed by atoms with Crippen molar-refractivity contribution in [3.63, 3.8) is 0 Å². The number of imidazole rings is 1. The molecule has 0 fully saturated rings. The summed E-state index contributed by atoms with van der Waals surface area (Å²) in [5.74, 6) is 0.298. The predicted octanol–water partition coefficient (Wildman–Crippen LogP) is 4.95. The third kappa shape index (κ3) is 4.75. The third-order valence-electron chi connectivity index (χ3n) is 5.27. The maximum atomic E-state index is 12.6. The van der Waals surface area contributed by atoms with Gasteiger partial charge in [-0.05, 0) is 44.0 Å². The Hall–Kier alpha value is -2.83. The van der Waals surface area contributed by atoms with E-state index < -0.39 is 11.9 Å². The number of anilines is 1. The summed E-state index contributed by atoms with van der Waals surface area (Å²) < 4.78 is 2.20. The number of halogens is 2. The van der Waals surface area contributed by atoms with Gasteiger partial charge in [0, 0.05) is 30.4 Å². The first-order chi connectivity index (χ1) is 14.9.